The first-order valence-corrected chi connectivity index (χ1v) is 27.7. The van der Waals surface area contributed by atoms with Gasteiger partial charge in [0.05, 0.1) is 22.1 Å². The molecule has 4 aliphatic heterocycles. The number of fused-ring (bicyclic) bond motifs is 17. The highest BCUT2D eigenvalue weighted by molar-refractivity contribution is 7.05. The minimum absolute atomic E-state index is 0.0170. The van der Waals surface area contributed by atoms with E-state index in [0.717, 1.165) is 0 Å². The van der Waals surface area contributed by atoms with Gasteiger partial charge in [-0.25, -0.2) is 0 Å². The third-order valence-electron chi connectivity index (χ3n) is 17.9. The van der Waals surface area contributed by atoms with Gasteiger partial charge >= 0.3 is 0 Å². The summed E-state index contributed by atoms with van der Waals surface area (Å²) in [5.41, 5.74) is 28.5. The zero-order chi connectivity index (χ0) is 52.3. The number of hydrogen-bond donors (Lipinski definition) is 0. The Kier molecular flexibility index (Phi) is 9.04. The average molecular weight is 983 g/mol. The van der Waals surface area contributed by atoms with E-state index in [1.54, 1.807) is 0 Å². The number of nitrogens with zero attached hydrogens (tertiary/aromatic N) is 4. The Balaban J connectivity index is 1.16. The van der Waals surface area contributed by atoms with Crippen molar-refractivity contribution in [2.24, 2.45) is 0 Å². The zero-order valence-corrected chi connectivity index (χ0v) is 46.1. The van der Waals surface area contributed by atoms with E-state index < -0.39 is 0 Å². The van der Waals surface area contributed by atoms with Gasteiger partial charge in [-0.15, -0.1) is 0 Å². The molecule has 0 spiro atoms. The van der Waals surface area contributed by atoms with Crippen molar-refractivity contribution >= 4 is 124 Å². The number of anilines is 6. The first-order valence-electron chi connectivity index (χ1n) is 27.7. The molecular formula is C70H64B2N4. The molecule has 6 heteroatoms. The zero-order valence-electron chi connectivity index (χ0n) is 46.1. The minimum atomic E-state index is -0.0655. The SMILES string of the molecule is CC(C)(C)c1ccc(N2c3ccc(C(C)(C)C)cc3B3c4cc(C(C)(C)C)ccc4N4c5ccc(C(C)(C)C)cc5B5c6c(cc2c3c64)-n2c3ccccc3c3c2c5cc2c4ccccc4n(-c4ccccc4)c23)cc1. The van der Waals surface area contributed by atoms with Crippen molar-refractivity contribution in [1.29, 1.82) is 0 Å². The van der Waals surface area contributed by atoms with Crippen molar-refractivity contribution in [1.82, 2.24) is 9.13 Å². The van der Waals surface area contributed by atoms with E-state index in [2.05, 4.69) is 272 Å². The van der Waals surface area contributed by atoms with E-state index in [1.165, 1.54) is 144 Å². The lowest BCUT2D eigenvalue weighted by atomic mass is 9.28. The lowest BCUT2D eigenvalue weighted by Crippen LogP contribution is -2.68. The molecule has 0 amide bonds. The summed E-state index contributed by atoms with van der Waals surface area (Å²) in [6.45, 7) is 28.2. The van der Waals surface area contributed by atoms with Crippen LogP contribution in [0.2, 0.25) is 0 Å². The van der Waals surface area contributed by atoms with Crippen LogP contribution in [0.5, 0.6) is 0 Å². The van der Waals surface area contributed by atoms with Crippen LogP contribution in [0.15, 0.2) is 170 Å². The van der Waals surface area contributed by atoms with Gasteiger partial charge in [-0.2, -0.15) is 0 Å². The molecule has 0 atom stereocenters. The van der Waals surface area contributed by atoms with Gasteiger partial charge in [0.15, 0.2) is 0 Å². The highest BCUT2D eigenvalue weighted by Crippen LogP contribution is 2.50. The monoisotopic (exact) mass is 983 g/mol. The molecule has 0 radical (unpaired) electrons. The first-order chi connectivity index (χ1) is 36.3. The highest BCUT2D eigenvalue weighted by Gasteiger charge is 2.52. The standard InChI is InChI=1S/C70H64B2N4/c1-67(2,3)41-26-31-46(32-27-41)73-56-33-28-42(68(4,5)6)36-50(56)71-51-37-43(69(7,8)9)29-34-57(51)76-58-35-30-44(70(10,11)12)38-52(58)72-53-39-49-47-22-16-18-24-54(47)74(45-20-14-13-15-21-45)64(49)61-48-23-17-19-25-55(48)75(65(53)61)60-40-59(73)62(71)66(76)63(60)72/h13-40H,1-12H3. The highest BCUT2D eigenvalue weighted by atomic mass is 15.2. The Morgan fingerprint density at radius 2 is 0.776 bits per heavy atom. The van der Waals surface area contributed by atoms with Gasteiger partial charge in [-0.3, -0.25) is 0 Å². The van der Waals surface area contributed by atoms with Crippen molar-refractivity contribution < 1.29 is 0 Å². The topological polar surface area (TPSA) is 16.3 Å². The van der Waals surface area contributed by atoms with Crippen LogP contribution in [0.3, 0.4) is 0 Å². The summed E-state index contributed by atoms with van der Waals surface area (Å²) in [6, 6.07) is 66.5. The van der Waals surface area contributed by atoms with E-state index in [4.69, 9.17) is 0 Å². The largest absolute Gasteiger partial charge is 0.312 e. The number of hydrogen-bond acceptors (Lipinski definition) is 2. The Labute approximate surface area is 448 Å². The van der Waals surface area contributed by atoms with Crippen LogP contribution >= 0.6 is 0 Å². The van der Waals surface area contributed by atoms with Gasteiger partial charge in [0.25, 0.3) is 13.4 Å². The summed E-state index contributed by atoms with van der Waals surface area (Å²) in [5.74, 6) is 0. The van der Waals surface area contributed by atoms with Crippen LogP contribution in [-0.4, -0.2) is 22.6 Å². The molecule has 4 aliphatic rings. The maximum Gasteiger partial charge on any atom is 0.252 e. The van der Waals surface area contributed by atoms with E-state index in [9.17, 15) is 0 Å². The lowest BCUT2D eigenvalue weighted by molar-refractivity contribution is 0.590. The molecule has 0 unspecified atom stereocenters. The maximum atomic E-state index is 2.72. The number of rotatable bonds is 2. The Hall–Kier alpha value is -7.69. The number of benzene rings is 9. The fraction of sp³-hybridized carbons (Fsp3) is 0.229. The summed E-state index contributed by atoms with van der Waals surface area (Å²) in [4.78, 5) is 5.36. The fourth-order valence-corrected chi connectivity index (χ4v) is 14.0. The molecule has 0 N–H and O–H groups in total. The van der Waals surface area contributed by atoms with Gasteiger partial charge < -0.3 is 18.9 Å². The quantitative estimate of drug-likeness (QED) is 0.161. The fourth-order valence-electron chi connectivity index (χ4n) is 14.0. The molecule has 4 nitrogen and oxygen atoms in total. The molecule has 76 heavy (non-hydrogen) atoms. The first kappa shape index (κ1) is 45.7. The maximum absolute atomic E-state index is 2.72. The summed E-state index contributed by atoms with van der Waals surface area (Å²) < 4.78 is 5.23. The average Bonchev–Trinajstić information content (AvgIpc) is 3.51. The summed E-state index contributed by atoms with van der Waals surface area (Å²) in [6.07, 6.45) is 0. The molecule has 0 bridgehead atoms. The molecule has 0 saturated carbocycles. The van der Waals surface area contributed by atoms with Gasteiger partial charge in [0.2, 0.25) is 0 Å². The van der Waals surface area contributed by atoms with E-state index >= 15 is 0 Å². The second kappa shape index (κ2) is 15.0. The number of para-hydroxylation sites is 3. The predicted molar refractivity (Wildman–Crippen MR) is 329 cm³/mol. The van der Waals surface area contributed by atoms with Crippen LogP contribution in [0.1, 0.15) is 105 Å². The second-order valence-corrected chi connectivity index (χ2v) is 26.6. The molecule has 2 aromatic heterocycles. The predicted octanol–water partition coefficient (Wildman–Crippen LogP) is 14.3. The molecule has 370 valence electrons. The van der Waals surface area contributed by atoms with Crippen LogP contribution < -0.4 is 42.6 Å². The van der Waals surface area contributed by atoms with E-state index in [-0.39, 0.29) is 35.1 Å². The molecule has 0 saturated heterocycles. The molecule has 15 rings (SSSR count). The number of aromatic nitrogens is 2. The van der Waals surface area contributed by atoms with Gasteiger partial charge in [-0.05, 0) is 137 Å². The van der Waals surface area contributed by atoms with Crippen molar-refractivity contribution in [3.8, 4) is 11.4 Å². The molecule has 9 aromatic carbocycles. The molecular weight excluding hydrogens is 918 g/mol. The van der Waals surface area contributed by atoms with Gasteiger partial charge in [0.1, 0.15) is 0 Å². The van der Waals surface area contributed by atoms with E-state index in [0.29, 0.717) is 0 Å². The Morgan fingerprint density at radius 1 is 0.316 bits per heavy atom. The van der Waals surface area contributed by atoms with Crippen molar-refractivity contribution in [3.05, 3.63) is 192 Å². The van der Waals surface area contributed by atoms with Crippen molar-refractivity contribution in [3.63, 3.8) is 0 Å². The molecule has 6 heterocycles. The molecule has 11 aromatic rings. The van der Waals surface area contributed by atoms with Crippen molar-refractivity contribution in [2.75, 3.05) is 9.80 Å². The van der Waals surface area contributed by atoms with Crippen LogP contribution in [0, 0.1) is 0 Å². The summed E-state index contributed by atoms with van der Waals surface area (Å²) in [7, 11) is 0. The van der Waals surface area contributed by atoms with E-state index in [1.807, 2.05) is 0 Å². The van der Waals surface area contributed by atoms with Crippen LogP contribution in [0.25, 0.3) is 55.0 Å². The Bertz CT molecular complexity index is 4310. The Morgan fingerprint density at radius 3 is 1.33 bits per heavy atom. The van der Waals surface area contributed by atoms with Crippen molar-refractivity contribution in [2.45, 2.75) is 105 Å². The van der Waals surface area contributed by atoms with Gasteiger partial charge in [-0.1, -0.05) is 192 Å². The summed E-state index contributed by atoms with van der Waals surface area (Å²) >= 11 is 0. The van der Waals surface area contributed by atoms with Crippen LogP contribution in [0.4, 0.5) is 34.1 Å². The smallest absolute Gasteiger partial charge is 0.252 e. The second-order valence-electron chi connectivity index (χ2n) is 26.6. The molecule has 0 aliphatic carbocycles. The van der Waals surface area contributed by atoms with Gasteiger partial charge in [0, 0.05) is 67.0 Å². The lowest BCUT2D eigenvalue weighted by Gasteiger charge is -2.50. The molecule has 0 fully saturated rings. The third kappa shape index (κ3) is 6.10. The van der Waals surface area contributed by atoms with Crippen LogP contribution in [-0.2, 0) is 21.7 Å². The normalized spacial score (nSPS) is 14.5. The third-order valence-corrected chi connectivity index (χ3v) is 17.9. The minimum Gasteiger partial charge on any atom is -0.312 e. The summed E-state index contributed by atoms with van der Waals surface area (Å²) in [5, 5.41) is 5.15.